The minimum absolute atomic E-state index is 0.0938. The van der Waals surface area contributed by atoms with Crippen molar-refractivity contribution in [1.82, 2.24) is 25.1 Å². The summed E-state index contributed by atoms with van der Waals surface area (Å²) in [5.74, 6) is -7.63. The molecule has 1 fully saturated rings. The Labute approximate surface area is 246 Å². The molecule has 44 heavy (non-hydrogen) atoms. The van der Waals surface area contributed by atoms with Crippen molar-refractivity contribution < 1.29 is 31.1 Å². The van der Waals surface area contributed by atoms with E-state index in [2.05, 4.69) is 20.4 Å². The highest BCUT2D eigenvalue weighted by atomic mass is 19.3. The van der Waals surface area contributed by atoms with E-state index >= 15 is 8.78 Å². The minimum atomic E-state index is -3.39. The molecule has 1 N–H and O–H groups in total. The summed E-state index contributed by atoms with van der Waals surface area (Å²) in [4.78, 5) is 22.2. The van der Waals surface area contributed by atoms with E-state index in [9.17, 15) is 22.4 Å². The normalized spacial score (nSPS) is 18.7. The maximum atomic E-state index is 15.1. The van der Waals surface area contributed by atoms with Crippen molar-refractivity contribution in [3.05, 3.63) is 113 Å². The van der Waals surface area contributed by atoms with Gasteiger partial charge < -0.3 is 5.32 Å². The zero-order valence-electron chi connectivity index (χ0n) is 22.8. The van der Waals surface area contributed by atoms with Crippen molar-refractivity contribution >= 4 is 16.7 Å². The first-order chi connectivity index (χ1) is 21.1. The zero-order chi connectivity index (χ0) is 30.7. The molecule has 3 atom stereocenters. The van der Waals surface area contributed by atoms with Crippen molar-refractivity contribution in [3.63, 3.8) is 0 Å². The number of carbonyl (C=O) groups is 1. The lowest BCUT2D eigenvalue weighted by Crippen LogP contribution is -2.35. The lowest BCUT2D eigenvalue weighted by atomic mass is 9.93. The molecule has 0 bridgehead atoms. The second-order valence-corrected chi connectivity index (χ2v) is 11.1. The molecule has 7 rings (SSSR count). The predicted molar refractivity (Wildman–Crippen MR) is 148 cm³/mol. The maximum absolute atomic E-state index is 15.1. The number of benzene rings is 2. The number of fused-ring (bicyclic) bond motifs is 4. The second-order valence-electron chi connectivity index (χ2n) is 11.1. The molecule has 6 nitrogen and oxygen atoms in total. The van der Waals surface area contributed by atoms with Crippen LogP contribution in [0.3, 0.4) is 0 Å². The van der Waals surface area contributed by atoms with Crippen molar-refractivity contribution in [1.29, 1.82) is 0 Å². The van der Waals surface area contributed by atoms with Gasteiger partial charge in [0, 0.05) is 47.1 Å². The Bertz CT molecular complexity index is 1900. The van der Waals surface area contributed by atoms with Crippen molar-refractivity contribution in [2.24, 2.45) is 5.92 Å². The molecule has 1 amide bonds. The predicted octanol–water partition coefficient (Wildman–Crippen LogP) is 7.02. The lowest BCUT2D eigenvalue weighted by Gasteiger charge is -2.23. The molecular formula is C32H23F6N5O. The molecule has 0 spiro atoms. The van der Waals surface area contributed by atoms with E-state index in [1.807, 2.05) is 24.3 Å². The molecule has 2 unspecified atom stereocenters. The van der Waals surface area contributed by atoms with E-state index in [0.29, 0.717) is 15.9 Å². The number of carbonyl (C=O) groups excluding carboxylic acids is 1. The minimum Gasteiger partial charge on any atom is -0.346 e. The fraction of sp³-hybridized carbons (Fsp3) is 0.250. The summed E-state index contributed by atoms with van der Waals surface area (Å²) in [5.41, 5.74) is 0.351. The molecule has 12 heteroatoms. The monoisotopic (exact) mass is 607 g/mol. The Kier molecular flexibility index (Phi) is 6.67. The number of pyridine rings is 2. The van der Waals surface area contributed by atoms with E-state index in [1.165, 1.54) is 6.20 Å². The molecule has 5 aromatic rings. The second kappa shape index (κ2) is 10.5. The molecule has 1 saturated carbocycles. The Balaban J connectivity index is 1.27. The quantitative estimate of drug-likeness (QED) is 0.193. The third-order valence-corrected chi connectivity index (χ3v) is 8.30. The van der Waals surface area contributed by atoms with Crippen LogP contribution in [0.2, 0.25) is 0 Å². The fourth-order valence-corrected chi connectivity index (χ4v) is 6.41. The average Bonchev–Trinajstić information content (AvgIpc) is 3.64. The van der Waals surface area contributed by atoms with Crippen molar-refractivity contribution in [3.8, 4) is 11.1 Å². The number of alkyl halides is 4. The highest BCUT2D eigenvalue weighted by Crippen LogP contribution is 2.68. The molecule has 3 heterocycles. The summed E-state index contributed by atoms with van der Waals surface area (Å²) < 4.78 is 86.7. The maximum Gasteiger partial charge on any atom is 0.293 e. The molecule has 0 radical (unpaired) electrons. The molecule has 0 aliphatic heterocycles. The Morgan fingerprint density at radius 2 is 1.77 bits per heavy atom. The topological polar surface area (TPSA) is 72.7 Å². The largest absolute Gasteiger partial charge is 0.346 e. The summed E-state index contributed by atoms with van der Waals surface area (Å²) >= 11 is 0. The van der Waals surface area contributed by atoms with E-state index in [-0.39, 0.29) is 24.0 Å². The van der Waals surface area contributed by atoms with Crippen LogP contribution in [-0.2, 0) is 23.7 Å². The van der Waals surface area contributed by atoms with Crippen LogP contribution in [-0.4, -0.2) is 25.7 Å². The molecule has 2 aromatic carbocycles. The Morgan fingerprint density at radius 1 is 1.00 bits per heavy atom. The van der Waals surface area contributed by atoms with Gasteiger partial charge in [0.2, 0.25) is 5.91 Å². The summed E-state index contributed by atoms with van der Waals surface area (Å²) in [6.07, 6.45) is 1.73. The van der Waals surface area contributed by atoms with Gasteiger partial charge in [-0.1, -0.05) is 24.3 Å². The molecule has 3 aromatic heterocycles. The first-order valence-corrected chi connectivity index (χ1v) is 13.9. The summed E-state index contributed by atoms with van der Waals surface area (Å²) in [6.45, 7) is -0.764. The third kappa shape index (κ3) is 4.78. The number of halogens is 6. The van der Waals surface area contributed by atoms with Crippen LogP contribution < -0.4 is 5.32 Å². The lowest BCUT2D eigenvalue weighted by molar-refractivity contribution is -0.123. The summed E-state index contributed by atoms with van der Waals surface area (Å²) in [5, 5.41) is 8.17. The molecular weight excluding hydrogens is 584 g/mol. The van der Waals surface area contributed by atoms with Crippen molar-refractivity contribution in [2.45, 2.75) is 43.7 Å². The fourth-order valence-electron chi connectivity index (χ4n) is 6.41. The SMILES string of the molecule is O=C(Cn1nc(C(F)F)c2c1C(F)(F)C1CC21)N[C@@H](Cc1cc(F)cc(F)c1)c1ncccc1-c1cccc2cnccc12. The number of hydrogen-bond acceptors (Lipinski definition) is 4. The van der Waals surface area contributed by atoms with E-state index in [1.54, 1.807) is 24.5 Å². The smallest absolute Gasteiger partial charge is 0.293 e. The zero-order valence-corrected chi connectivity index (χ0v) is 22.8. The molecule has 2 aliphatic carbocycles. The standard InChI is InChI=1S/C32H23F6N5O/c33-18-9-16(10-19(34)12-18)11-25(28-22(5-2-7-40-28)21-4-1-3-17-14-39-8-6-20(17)21)41-26(44)15-43-30-27(29(42-43)31(35)36)23-13-24(23)32(30,37)38/h1-10,12,14,23-25,31H,11,13,15H2,(H,41,44)/t23?,24?,25-/m0/s1. The van der Waals surface area contributed by atoms with Gasteiger partial charge in [0.1, 0.15) is 29.6 Å². The van der Waals surface area contributed by atoms with Crippen LogP contribution in [0.15, 0.2) is 73.2 Å². The van der Waals surface area contributed by atoms with Gasteiger partial charge in [-0.3, -0.25) is 19.4 Å². The van der Waals surface area contributed by atoms with E-state index in [4.69, 9.17) is 0 Å². The van der Waals surface area contributed by atoms with Gasteiger partial charge in [-0.25, -0.2) is 17.6 Å². The molecule has 224 valence electrons. The number of nitrogens with one attached hydrogen (secondary N) is 1. The highest BCUT2D eigenvalue weighted by molar-refractivity contribution is 5.96. The number of rotatable bonds is 8. The summed E-state index contributed by atoms with van der Waals surface area (Å²) in [6, 6.07) is 12.8. The first kappa shape index (κ1) is 28.1. The third-order valence-electron chi connectivity index (χ3n) is 8.30. The molecule has 2 aliphatic rings. The van der Waals surface area contributed by atoms with Gasteiger partial charge in [-0.15, -0.1) is 0 Å². The van der Waals surface area contributed by atoms with E-state index in [0.717, 1.165) is 34.5 Å². The number of aromatic nitrogens is 4. The van der Waals surface area contributed by atoms with E-state index < -0.39 is 65.7 Å². The van der Waals surface area contributed by atoms with Crippen LogP contribution in [0.5, 0.6) is 0 Å². The van der Waals surface area contributed by atoms with Crippen LogP contribution in [0.4, 0.5) is 26.3 Å². The van der Waals surface area contributed by atoms with Gasteiger partial charge in [-0.2, -0.15) is 13.9 Å². The number of amides is 1. The first-order valence-electron chi connectivity index (χ1n) is 13.9. The number of nitrogens with zero attached hydrogens (tertiary/aromatic N) is 4. The van der Waals surface area contributed by atoms with Crippen molar-refractivity contribution in [2.75, 3.05) is 0 Å². The van der Waals surface area contributed by atoms with Crippen LogP contribution in [0.1, 0.15) is 53.0 Å². The van der Waals surface area contributed by atoms with Crippen LogP contribution in [0.25, 0.3) is 21.9 Å². The van der Waals surface area contributed by atoms with Gasteiger partial charge in [0.15, 0.2) is 0 Å². The average molecular weight is 608 g/mol. The van der Waals surface area contributed by atoms with Crippen LogP contribution >= 0.6 is 0 Å². The number of hydrogen-bond donors (Lipinski definition) is 1. The van der Waals surface area contributed by atoms with Gasteiger partial charge in [0.25, 0.3) is 12.3 Å². The van der Waals surface area contributed by atoms with Gasteiger partial charge in [0.05, 0.1) is 11.7 Å². The summed E-state index contributed by atoms with van der Waals surface area (Å²) in [7, 11) is 0. The molecule has 0 saturated heterocycles. The Morgan fingerprint density at radius 3 is 2.55 bits per heavy atom. The highest BCUT2D eigenvalue weighted by Gasteiger charge is 2.67. The van der Waals surface area contributed by atoms with Gasteiger partial charge in [-0.05, 0) is 59.5 Å². The Hall–Kier alpha value is -4.74. The van der Waals surface area contributed by atoms with Gasteiger partial charge >= 0.3 is 0 Å². The van der Waals surface area contributed by atoms with Crippen LogP contribution in [0, 0.1) is 17.6 Å².